The molecule has 20 heavy (non-hydrogen) atoms. The van der Waals surface area contributed by atoms with Crippen molar-refractivity contribution < 1.29 is 4.39 Å². The number of benzene rings is 1. The Morgan fingerprint density at radius 1 is 1.55 bits per heavy atom. The maximum Gasteiger partial charge on any atom is 0.161 e. The number of thiocarbonyl (C=S) groups is 1. The van der Waals surface area contributed by atoms with E-state index in [9.17, 15) is 4.39 Å². The molecule has 0 aliphatic carbocycles. The van der Waals surface area contributed by atoms with Gasteiger partial charge in [-0.25, -0.2) is 4.39 Å². The average Bonchev–Trinajstić information content (AvgIpc) is 2.80. The molecule has 7 heteroatoms. The minimum absolute atomic E-state index is 0.161. The summed E-state index contributed by atoms with van der Waals surface area (Å²) in [6, 6.07) is 3.32. The highest BCUT2D eigenvalue weighted by Crippen LogP contribution is 2.26. The molecule has 0 amide bonds. The summed E-state index contributed by atoms with van der Waals surface area (Å²) in [5.74, 6) is -0.396. The molecule has 0 saturated carbocycles. The predicted molar refractivity (Wildman–Crippen MR) is 85.4 cm³/mol. The largest absolute Gasteiger partial charge is 0.389 e. The molecule has 0 aliphatic heterocycles. The molecule has 3 N–H and O–H groups in total. The summed E-state index contributed by atoms with van der Waals surface area (Å²) >= 11 is 8.03. The van der Waals surface area contributed by atoms with E-state index in [0.29, 0.717) is 24.3 Å². The summed E-state index contributed by atoms with van der Waals surface area (Å²) in [5.41, 5.74) is 7.51. The predicted octanol–water partition coefficient (Wildman–Crippen LogP) is 2.84. The molecule has 2 rings (SSSR count). The summed E-state index contributed by atoms with van der Waals surface area (Å²) in [5, 5.41) is 7.19. The van der Waals surface area contributed by atoms with E-state index >= 15 is 0 Å². The monoisotopic (exact) mass is 356 g/mol. The third-order valence-corrected chi connectivity index (χ3v) is 3.76. The molecule has 106 valence electrons. The zero-order valence-electron chi connectivity index (χ0n) is 10.9. The van der Waals surface area contributed by atoms with Crippen molar-refractivity contribution in [3.05, 3.63) is 45.9 Å². The van der Waals surface area contributed by atoms with Gasteiger partial charge < -0.3 is 11.1 Å². The first-order valence-electron chi connectivity index (χ1n) is 5.99. The van der Waals surface area contributed by atoms with Crippen LogP contribution >= 0.6 is 28.1 Å². The Morgan fingerprint density at radius 3 is 2.90 bits per heavy atom. The van der Waals surface area contributed by atoms with E-state index in [1.165, 1.54) is 0 Å². The van der Waals surface area contributed by atoms with Gasteiger partial charge >= 0.3 is 0 Å². The van der Waals surface area contributed by atoms with Gasteiger partial charge in [-0.15, -0.1) is 0 Å². The van der Waals surface area contributed by atoms with Crippen LogP contribution in [0.5, 0.6) is 0 Å². The Kier molecular flexibility index (Phi) is 4.72. The SMILES string of the molecule is Cc1cnn(CCNc2ccc(C(N)=S)c(Br)c2F)c1. The second-order valence-electron chi connectivity index (χ2n) is 4.36. The quantitative estimate of drug-likeness (QED) is 0.808. The highest BCUT2D eigenvalue weighted by atomic mass is 79.9. The number of nitrogens with zero attached hydrogens (tertiary/aromatic N) is 2. The lowest BCUT2D eigenvalue weighted by Crippen LogP contribution is -2.14. The molecule has 0 atom stereocenters. The normalized spacial score (nSPS) is 10.6. The van der Waals surface area contributed by atoms with E-state index in [1.807, 2.05) is 13.1 Å². The third kappa shape index (κ3) is 3.34. The van der Waals surface area contributed by atoms with Crippen molar-refractivity contribution in [3.63, 3.8) is 0 Å². The number of halogens is 2. The molecule has 0 spiro atoms. The second kappa shape index (κ2) is 6.32. The van der Waals surface area contributed by atoms with Gasteiger partial charge in [-0.2, -0.15) is 5.10 Å². The summed E-state index contributed by atoms with van der Waals surface area (Å²) < 4.78 is 16.2. The standard InChI is InChI=1S/C13H14BrFN4S/c1-8-6-18-19(7-8)5-4-17-10-3-2-9(13(16)20)11(14)12(10)15/h2-3,6-7,17H,4-5H2,1H3,(H2,16,20). The number of aromatic nitrogens is 2. The fraction of sp³-hybridized carbons (Fsp3) is 0.231. The molecule has 0 unspecified atom stereocenters. The topological polar surface area (TPSA) is 55.9 Å². The summed E-state index contributed by atoms with van der Waals surface area (Å²) in [6.07, 6.45) is 3.72. The van der Waals surface area contributed by atoms with Gasteiger partial charge in [-0.05, 0) is 40.5 Å². The second-order valence-corrected chi connectivity index (χ2v) is 5.59. The van der Waals surface area contributed by atoms with Crippen LogP contribution in [-0.4, -0.2) is 21.3 Å². The minimum atomic E-state index is -0.396. The lowest BCUT2D eigenvalue weighted by Gasteiger charge is -2.11. The molecule has 1 aromatic carbocycles. The van der Waals surface area contributed by atoms with Crippen LogP contribution < -0.4 is 11.1 Å². The van der Waals surface area contributed by atoms with Gasteiger partial charge in [-0.1, -0.05) is 12.2 Å². The Balaban J connectivity index is 2.03. The van der Waals surface area contributed by atoms with Crippen LogP contribution in [0.2, 0.25) is 0 Å². The average molecular weight is 357 g/mol. The Labute approximate surface area is 130 Å². The molecular formula is C13H14BrFN4S. The van der Waals surface area contributed by atoms with Crippen molar-refractivity contribution in [1.82, 2.24) is 9.78 Å². The van der Waals surface area contributed by atoms with E-state index in [4.69, 9.17) is 18.0 Å². The Hall–Kier alpha value is -1.47. The molecule has 1 aromatic heterocycles. The van der Waals surface area contributed by atoms with Gasteiger partial charge in [0.05, 0.1) is 22.9 Å². The van der Waals surface area contributed by atoms with E-state index in [2.05, 4.69) is 26.3 Å². The fourth-order valence-electron chi connectivity index (χ4n) is 1.77. The number of anilines is 1. The molecular weight excluding hydrogens is 343 g/mol. The lowest BCUT2D eigenvalue weighted by molar-refractivity contribution is 0.613. The molecule has 0 aliphatic rings. The molecule has 0 saturated heterocycles. The van der Waals surface area contributed by atoms with Crippen LogP contribution in [0.4, 0.5) is 10.1 Å². The molecule has 2 aromatic rings. The number of hydrogen-bond donors (Lipinski definition) is 2. The summed E-state index contributed by atoms with van der Waals surface area (Å²) in [4.78, 5) is 0.161. The van der Waals surface area contributed by atoms with Gasteiger partial charge in [0.25, 0.3) is 0 Å². The number of aryl methyl sites for hydroxylation is 1. The van der Waals surface area contributed by atoms with E-state index in [0.717, 1.165) is 5.56 Å². The van der Waals surface area contributed by atoms with Crippen LogP contribution in [0.25, 0.3) is 0 Å². The first-order chi connectivity index (χ1) is 9.49. The lowest BCUT2D eigenvalue weighted by atomic mass is 10.2. The first kappa shape index (κ1) is 14.9. The van der Waals surface area contributed by atoms with Crippen molar-refractivity contribution in [2.24, 2.45) is 5.73 Å². The smallest absolute Gasteiger partial charge is 0.161 e. The summed E-state index contributed by atoms with van der Waals surface area (Å²) in [6.45, 7) is 3.20. The maximum absolute atomic E-state index is 14.1. The van der Waals surface area contributed by atoms with Crippen molar-refractivity contribution in [3.8, 4) is 0 Å². The number of nitrogens with one attached hydrogen (secondary N) is 1. The van der Waals surface area contributed by atoms with Crippen LogP contribution in [-0.2, 0) is 6.54 Å². The number of rotatable bonds is 5. The van der Waals surface area contributed by atoms with Crippen LogP contribution in [0, 0.1) is 12.7 Å². The van der Waals surface area contributed by atoms with Crippen LogP contribution in [0.15, 0.2) is 29.0 Å². The third-order valence-electron chi connectivity index (χ3n) is 2.77. The van der Waals surface area contributed by atoms with Gasteiger partial charge in [0, 0.05) is 18.3 Å². The fourth-order valence-corrected chi connectivity index (χ4v) is 2.63. The molecule has 0 bridgehead atoms. The Bertz CT molecular complexity index is 641. The Morgan fingerprint density at radius 2 is 2.30 bits per heavy atom. The van der Waals surface area contributed by atoms with Crippen LogP contribution in [0.3, 0.4) is 0 Å². The van der Waals surface area contributed by atoms with E-state index in [1.54, 1.807) is 23.0 Å². The van der Waals surface area contributed by atoms with Crippen molar-refractivity contribution in [2.75, 3.05) is 11.9 Å². The van der Waals surface area contributed by atoms with Crippen molar-refractivity contribution in [1.29, 1.82) is 0 Å². The molecule has 0 fully saturated rings. The van der Waals surface area contributed by atoms with E-state index in [-0.39, 0.29) is 9.46 Å². The van der Waals surface area contributed by atoms with Crippen molar-refractivity contribution in [2.45, 2.75) is 13.5 Å². The number of hydrogen-bond acceptors (Lipinski definition) is 3. The van der Waals surface area contributed by atoms with Crippen LogP contribution in [0.1, 0.15) is 11.1 Å². The maximum atomic E-state index is 14.1. The number of nitrogens with two attached hydrogens (primary N) is 1. The summed E-state index contributed by atoms with van der Waals surface area (Å²) in [7, 11) is 0. The minimum Gasteiger partial charge on any atom is -0.389 e. The zero-order valence-corrected chi connectivity index (χ0v) is 13.3. The highest BCUT2D eigenvalue weighted by Gasteiger charge is 2.12. The van der Waals surface area contributed by atoms with Crippen molar-refractivity contribution >= 4 is 38.8 Å². The first-order valence-corrected chi connectivity index (χ1v) is 7.20. The molecule has 1 heterocycles. The van der Waals surface area contributed by atoms with Gasteiger partial charge in [0.1, 0.15) is 4.99 Å². The molecule has 0 radical (unpaired) electrons. The van der Waals surface area contributed by atoms with E-state index < -0.39 is 5.82 Å². The van der Waals surface area contributed by atoms with Gasteiger partial charge in [0.15, 0.2) is 5.82 Å². The highest BCUT2D eigenvalue weighted by molar-refractivity contribution is 9.10. The van der Waals surface area contributed by atoms with Gasteiger partial charge in [0.2, 0.25) is 0 Å². The molecule has 4 nitrogen and oxygen atoms in total. The zero-order chi connectivity index (χ0) is 14.7. The van der Waals surface area contributed by atoms with Gasteiger partial charge in [-0.3, -0.25) is 4.68 Å².